The van der Waals surface area contributed by atoms with Crippen molar-refractivity contribution in [1.29, 1.82) is 0 Å². The van der Waals surface area contributed by atoms with Crippen molar-refractivity contribution < 1.29 is 19.1 Å². The third-order valence-corrected chi connectivity index (χ3v) is 5.74. The average molecular weight is 399 g/mol. The lowest BCUT2D eigenvalue weighted by Crippen LogP contribution is -2.39. The minimum absolute atomic E-state index is 0.175. The number of rotatable bonds is 3. The monoisotopic (exact) mass is 399 g/mol. The zero-order chi connectivity index (χ0) is 20.5. The molecule has 2 heterocycles. The van der Waals surface area contributed by atoms with E-state index in [0.717, 1.165) is 23.1 Å². The van der Waals surface area contributed by atoms with Crippen LogP contribution >= 0.6 is 0 Å². The minimum Gasteiger partial charge on any atom is -0.457 e. The molecule has 2 aliphatic heterocycles. The van der Waals surface area contributed by atoms with Gasteiger partial charge >= 0.3 is 5.97 Å². The summed E-state index contributed by atoms with van der Waals surface area (Å²) in [5, 5.41) is 0. The largest absolute Gasteiger partial charge is 0.457 e. The van der Waals surface area contributed by atoms with Crippen molar-refractivity contribution in [2.45, 2.75) is 18.9 Å². The van der Waals surface area contributed by atoms with Crippen molar-refractivity contribution in [1.82, 2.24) is 4.90 Å². The molecule has 0 radical (unpaired) electrons. The lowest BCUT2D eigenvalue weighted by molar-refractivity contribution is -0.153. The highest BCUT2D eigenvalue weighted by Crippen LogP contribution is 2.44. The maximum atomic E-state index is 13.1. The van der Waals surface area contributed by atoms with E-state index in [0.29, 0.717) is 24.6 Å². The molecular weight excluding hydrogens is 378 g/mol. The quantitative estimate of drug-likeness (QED) is 0.624. The number of hydrogen-bond donors (Lipinski definition) is 0. The van der Waals surface area contributed by atoms with Crippen LogP contribution in [0.2, 0.25) is 0 Å². The van der Waals surface area contributed by atoms with E-state index in [4.69, 9.17) is 9.47 Å². The fourth-order valence-electron chi connectivity index (χ4n) is 4.18. The SMILES string of the molecule is O=C(OCC(=O)N1CCc2ccccc2C1)C1c2ccccc2Oc2ccccc21. The van der Waals surface area contributed by atoms with E-state index in [2.05, 4.69) is 6.07 Å². The van der Waals surface area contributed by atoms with E-state index >= 15 is 0 Å². The molecule has 1 amide bonds. The van der Waals surface area contributed by atoms with Crippen molar-refractivity contribution in [3.8, 4) is 11.5 Å². The standard InChI is InChI=1S/C25H21NO4/c27-23(26-14-13-17-7-1-2-8-18(17)15-26)16-29-25(28)24-19-9-3-5-11-21(19)30-22-12-6-4-10-20(22)24/h1-12,24H,13-16H2. The molecule has 0 fully saturated rings. The van der Waals surface area contributed by atoms with Gasteiger partial charge in [-0.15, -0.1) is 0 Å². The predicted molar refractivity (Wildman–Crippen MR) is 111 cm³/mol. The Labute approximate surface area is 174 Å². The summed E-state index contributed by atoms with van der Waals surface area (Å²) < 4.78 is 11.4. The zero-order valence-electron chi connectivity index (χ0n) is 16.4. The Morgan fingerprint density at radius 1 is 0.867 bits per heavy atom. The van der Waals surface area contributed by atoms with Gasteiger partial charge < -0.3 is 14.4 Å². The Hall–Kier alpha value is -3.60. The first kappa shape index (κ1) is 18.4. The Kier molecular flexibility index (Phi) is 4.71. The second kappa shape index (κ2) is 7.67. The van der Waals surface area contributed by atoms with Crippen LogP contribution in [0.1, 0.15) is 28.2 Å². The Bertz CT molecular complexity index is 1080. The molecule has 0 saturated heterocycles. The van der Waals surface area contributed by atoms with Crippen LogP contribution in [0.15, 0.2) is 72.8 Å². The molecule has 3 aromatic rings. The second-order valence-electron chi connectivity index (χ2n) is 7.55. The van der Waals surface area contributed by atoms with Crippen LogP contribution < -0.4 is 4.74 Å². The molecule has 0 saturated carbocycles. The molecule has 0 aliphatic carbocycles. The number of carbonyl (C=O) groups is 2. The number of nitrogens with zero attached hydrogens (tertiary/aromatic N) is 1. The highest BCUT2D eigenvalue weighted by atomic mass is 16.5. The molecule has 0 unspecified atom stereocenters. The third kappa shape index (κ3) is 3.32. The van der Waals surface area contributed by atoms with Gasteiger partial charge in [-0.05, 0) is 29.7 Å². The van der Waals surface area contributed by atoms with E-state index in [1.165, 1.54) is 5.56 Å². The normalized spacial score (nSPS) is 14.7. The van der Waals surface area contributed by atoms with Crippen LogP contribution in [0.5, 0.6) is 11.5 Å². The first-order valence-electron chi connectivity index (χ1n) is 10.1. The lowest BCUT2D eigenvalue weighted by Gasteiger charge is -2.29. The smallest absolute Gasteiger partial charge is 0.318 e. The molecule has 0 spiro atoms. The number of esters is 1. The first-order valence-corrected chi connectivity index (χ1v) is 10.1. The number of carbonyl (C=O) groups excluding carboxylic acids is 2. The summed E-state index contributed by atoms with van der Waals surface area (Å²) >= 11 is 0. The van der Waals surface area contributed by atoms with E-state index in [1.54, 1.807) is 4.90 Å². The summed E-state index contributed by atoms with van der Waals surface area (Å²) in [5.41, 5.74) is 3.92. The van der Waals surface area contributed by atoms with Crippen molar-refractivity contribution in [3.63, 3.8) is 0 Å². The summed E-state index contributed by atoms with van der Waals surface area (Å²) in [4.78, 5) is 27.5. The van der Waals surface area contributed by atoms with E-state index in [9.17, 15) is 9.59 Å². The highest BCUT2D eigenvalue weighted by molar-refractivity contribution is 5.88. The Morgan fingerprint density at radius 3 is 2.17 bits per heavy atom. The van der Waals surface area contributed by atoms with E-state index in [1.807, 2.05) is 66.7 Å². The van der Waals surface area contributed by atoms with Gasteiger partial charge in [-0.25, -0.2) is 0 Å². The maximum absolute atomic E-state index is 13.1. The number of fused-ring (bicyclic) bond motifs is 3. The Balaban J connectivity index is 1.31. The molecule has 0 aromatic heterocycles. The van der Waals surface area contributed by atoms with Crippen molar-refractivity contribution in [2.75, 3.05) is 13.2 Å². The minimum atomic E-state index is -0.610. The maximum Gasteiger partial charge on any atom is 0.318 e. The summed E-state index contributed by atoms with van der Waals surface area (Å²) in [6.45, 7) is 0.925. The van der Waals surface area contributed by atoms with Gasteiger partial charge in [0, 0.05) is 24.2 Å². The second-order valence-corrected chi connectivity index (χ2v) is 7.55. The van der Waals surface area contributed by atoms with Crippen LogP contribution in [0.4, 0.5) is 0 Å². The summed E-state index contributed by atoms with van der Waals surface area (Å²) in [5.74, 6) is 0.0469. The van der Waals surface area contributed by atoms with E-state index < -0.39 is 11.9 Å². The van der Waals surface area contributed by atoms with Gasteiger partial charge in [0.1, 0.15) is 17.4 Å². The van der Waals surface area contributed by atoms with Crippen LogP contribution in [0.25, 0.3) is 0 Å². The lowest BCUT2D eigenvalue weighted by atomic mass is 9.88. The molecule has 5 heteroatoms. The topological polar surface area (TPSA) is 55.8 Å². The summed E-state index contributed by atoms with van der Waals surface area (Å²) in [7, 11) is 0. The van der Waals surface area contributed by atoms with Crippen molar-refractivity contribution >= 4 is 11.9 Å². The fraction of sp³-hybridized carbons (Fsp3) is 0.200. The molecule has 0 bridgehead atoms. The number of benzene rings is 3. The zero-order valence-corrected chi connectivity index (χ0v) is 16.4. The van der Waals surface area contributed by atoms with Gasteiger partial charge in [0.05, 0.1) is 0 Å². The molecule has 30 heavy (non-hydrogen) atoms. The molecular formula is C25H21NO4. The average Bonchev–Trinajstić information content (AvgIpc) is 2.80. The van der Waals surface area contributed by atoms with Crippen LogP contribution in [0.3, 0.4) is 0 Å². The highest BCUT2D eigenvalue weighted by Gasteiger charge is 2.34. The van der Waals surface area contributed by atoms with Crippen LogP contribution in [0, 0.1) is 0 Å². The van der Waals surface area contributed by atoms with Gasteiger partial charge in [-0.3, -0.25) is 9.59 Å². The molecule has 2 aliphatic rings. The van der Waals surface area contributed by atoms with Gasteiger partial charge in [-0.1, -0.05) is 60.7 Å². The summed E-state index contributed by atoms with van der Waals surface area (Å²) in [6, 6.07) is 23.0. The summed E-state index contributed by atoms with van der Waals surface area (Å²) in [6.07, 6.45) is 0.816. The van der Waals surface area contributed by atoms with Crippen molar-refractivity contribution in [2.24, 2.45) is 0 Å². The molecule has 0 N–H and O–H groups in total. The van der Waals surface area contributed by atoms with Crippen molar-refractivity contribution in [3.05, 3.63) is 95.1 Å². The fourth-order valence-corrected chi connectivity index (χ4v) is 4.18. The van der Waals surface area contributed by atoms with Gasteiger partial charge in [-0.2, -0.15) is 0 Å². The first-order chi connectivity index (χ1) is 14.7. The molecule has 5 nitrogen and oxygen atoms in total. The van der Waals surface area contributed by atoms with E-state index in [-0.39, 0.29) is 12.5 Å². The number of ether oxygens (including phenoxy) is 2. The number of amides is 1. The molecule has 150 valence electrons. The molecule has 3 aromatic carbocycles. The number of hydrogen-bond acceptors (Lipinski definition) is 4. The number of para-hydroxylation sites is 2. The predicted octanol–water partition coefficient (Wildman–Crippen LogP) is 4.05. The van der Waals surface area contributed by atoms with Gasteiger partial charge in [0.2, 0.25) is 0 Å². The van der Waals surface area contributed by atoms with Crippen LogP contribution in [-0.2, 0) is 27.3 Å². The van der Waals surface area contributed by atoms with Crippen LogP contribution in [-0.4, -0.2) is 29.9 Å². The van der Waals surface area contributed by atoms with Gasteiger partial charge in [0.25, 0.3) is 5.91 Å². The molecule has 0 atom stereocenters. The third-order valence-electron chi connectivity index (χ3n) is 5.74. The Morgan fingerprint density at radius 2 is 1.47 bits per heavy atom. The van der Waals surface area contributed by atoms with Gasteiger partial charge in [0.15, 0.2) is 6.61 Å². The molecule has 5 rings (SSSR count).